The van der Waals surface area contributed by atoms with E-state index in [1.54, 1.807) is 14.2 Å². The Morgan fingerprint density at radius 1 is 1.21 bits per heavy atom. The molecule has 0 aliphatic carbocycles. The van der Waals surface area contributed by atoms with Crippen molar-refractivity contribution in [2.45, 2.75) is 19.8 Å². The van der Waals surface area contributed by atoms with Gasteiger partial charge in [-0.05, 0) is 50.0 Å². The second-order valence-corrected chi connectivity index (χ2v) is 4.81. The maximum absolute atomic E-state index is 5.59. The summed E-state index contributed by atoms with van der Waals surface area (Å²) in [5, 5.41) is 3.44. The van der Waals surface area contributed by atoms with Crippen LogP contribution in [0.3, 0.4) is 0 Å². The van der Waals surface area contributed by atoms with Gasteiger partial charge in [0.2, 0.25) is 0 Å². The lowest BCUT2D eigenvalue weighted by molar-refractivity contribution is 0.390. The molecule has 3 N–H and O–H groups in total. The first-order valence-corrected chi connectivity index (χ1v) is 6.83. The van der Waals surface area contributed by atoms with E-state index in [9.17, 15) is 0 Å². The van der Waals surface area contributed by atoms with Crippen LogP contribution < -0.4 is 20.5 Å². The number of hydrogen-bond donors (Lipinski definition) is 2. The average Bonchev–Trinajstić information content (AvgIpc) is 2.46. The lowest BCUT2D eigenvalue weighted by Crippen LogP contribution is -2.22. The largest absolute Gasteiger partial charge is 0.497 e. The van der Waals surface area contributed by atoms with Gasteiger partial charge in [-0.2, -0.15) is 0 Å². The Morgan fingerprint density at radius 3 is 2.63 bits per heavy atom. The van der Waals surface area contributed by atoms with E-state index in [4.69, 9.17) is 15.2 Å². The number of methoxy groups -OCH3 is 2. The monoisotopic (exact) mass is 266 g/mol. The van der Waals surface area contributed by atoms with Crippen molar-refractivity contribution < 1.29 is 9.47 Å². The molecule has 4 heteroatoms. The number of hydrogen-bond acceptors (Lipinski definition) is 4. The Kier molecular flexibility index (Phi) is 7.30. The van der Waals surface area contributed by atoms with Crippen LogP contribution in [0, 0.1) is 5.92 Å². The van der Waals surface area contributed by atoms with Crippen molar-refractivity contribution in [3.05, 3.63) is 23.8 Å². The SMILES string of the molecule is COc1ccc(CCNCCC(C)CN)c(OC)c1. The van der Waals surface area contributed by atoms with E-state index in [-0.39, 0.29) is 0 Å². The fourth-order valence-corrected chi connectivity index (χ4v) is 1.87. The zero-order valence-electron chi connectivity index (χ0n) is 12.2. The van der Waals surface area contributed by atoms with Gasteiger partial charge in [0, 0.05) is 6.07 Å². The molecule has 19 heavy (non-hydrogen) atoms. The van der Waals surface area contributed by atoms with Crippen LogP contribution in [0.15, 0.2) is 18.2 Å². The zero-order chi connectivity index (χ0) is 14.1. The third-order valence-electron chi connectivity index (χ3n) is 3.28. The maximum Gasteiger partial charge on any atom is 0.125 e. The Labute approximate surface area is 116 Å². The topological polar surface area (TPSA) is 56.5 Å². The second kappa shape index (κ2) is 8.77. The van der Waals surface area contributed by atoms with Crippen molar-refractivity contribution in [2.24, 2.45) is 11.7 Å². The van der Waals surface area contributed by atoms with Crippen LogP contribution in [0.25, 0.3) is 0 Å². The highest BCUT2D eigenvalue weighted by molar-refractivity contribution is 5.40. The molecule has 1 aromatic rings. The second-order valence-electron chi connectivity index (χ2n) is 4.81. The van der Waals surface area contributed by atoms with Gasteiger partial charge in [0.25, 0.3) is 0 Å². The predicted octanol–water partition coefficient (Wildman–Crippen LogP) is 1.82. The molecule has 0 bridgehead atoms. The van der Waals surface area contributed by atoms with E-state index >= 15 is 0 Å². The fourth-order valence-electron chi connectivity index (χ4n) is 1.87. The van der Waals surface area contributed by atoms with Crippen LogP contribution in [-0.4, -0.2) is 33.9 Å². The summed E-state index contributed by atoms with van der Waals surface area (Å²) in [4.78, 5) is 0. The van der Waals surface area contributed by atoms with Gasteiger partial charge in [-0.15, -0.1) is 0 Å². The smallest absolute Gasteiger partial charge is 0.125 e. The summed E-state index contributed by atoms with van der Waals surface area (Å²) in [6.07, 6.45) is 2.07. The summed E-state index contributed by atoms with van der Waals surface area (Å²) in [6.45, 7) is 4.89. The van der Waals surface area contributed by atoms with Crippen LogP contribution in [0.1, 0.15) is 18.9 Å². The normalized spacial score (nSPS) is 12.2. The molecule has 0 saturated carbocycles. The standard InChI is InChI=1S/C15H26N2O2/c1-12(11-16)6-8-17-9-7-13-4-5-14(18-2)10-15(13)19-3/h4-5,10,12,17H,6-9,11,16H2,1-3H3. The molecule has 0 aliphatic rings. The maximum atomic E-state index is 5.59. The zero-order valence-corrected chi connectivity index (χ0v) is 12.2. The number of ether oxygens (including phenoxy) is 2. The van der Waals surface area contributed by atoms with E-state index in [0.717, 1.165) is 44.0 Å². The summed E-state index contributed by atoms with van der Waals surface area (Å²) in [5.41, 5.74) is 6.78. The molecular weight excluding hydrogens is 240 g/mol. The van der Waals surface area contributed by atoms with Gasteiger partial charge in [-0.25, -0.2) is 0 Å². The highest BCUT2D eigenvalue weighted by atomic mass is 16.5. The highest BCUT2D eigenvalue weighted by Gasteiger charge is 2.05. The van der Waals surface area contributed by atoms with Crippen molar-refractivity contribution in [3.63, 3.8) is 0 Å². The van der Waals surface area contributed by atoms with Crippen LogP contribution in [0.4, 0.5) is 0 Å². The average molecular weight is 266 g/mol. The lowest BCUT2D eigenvalue weighted by atomic mass is 10.1. The van der Waals surface area contributed by atoms with Gasteiger partial charge < -0.3 is 20.5 Å². The molecule has 0 amide bonds. The summed E-state index contributed by atoms with van der Waals surface area (Å²) in [6, 6.07) is 5.95. The number of benzene rings is 1. The van der Waals surface area contributed by atoms with Gasteiger partial charge in [0.1, 0.15) is 11.5 Å². The molecule has 0 aliphatic heterocycles. The van der Waals surface area contributed by atoms with E-state index in [1.165, 1.54) is 5.56 Å². The Balaban J connectivity index is 2.36. The Hall–Kier alpha value is -1.26. The predicted molar refractivity (Wildman–Crippen MR) is 79.0 cm³/mol. The third kappa shape index (κ3) is 5.49. The molecule has 4 nitrogen and oxygen atoms in total. The minimum Gasteiger partial charge on any atom is -0.497 e. The van der Waals surface area contributed by atoms with Crippen LogP contribution >= 0.6 is 0 Å². The molecule has 0 aromatic heterocycles. The van der Waals surface area contributed by atoms with Crippen LogP contribution in [-0.2, 0) is 6.42 Å². The fraction of sp³-hybridized carbons (Fsp3) is 0.600. The van der Waals surface area contributed by atoms with Gasteiger partial charge in [0.15, 0.2) is 0 Å². The number of nitrogens with two attached hydrogens (primary N) is 1. The Bertz CT molecular complexity index is 369. The van der Waals surface area contributed by atoms with E-state index in [2.05, 4.69) is 18.3 Å². The van der Waals surface area contributed by atoms with Crippen molar-refractivity contribution >= 4 is 0 Å². The summed E-state index contributed by atoms with van der Waals surface area (Å²) in [5.74, 6) is 2.30. The van der Waals surface area contributed by atoms with Crippen LogP contribution in [0.5, 0.6) is 11.5 Å². The van der Waals surface area contributed by atoms with Crippen molar-refractivity contribution in [1.29, 1.82) is 0 Å². The van der Waals surface area contributed by atoms with E-state index in [0.29, 0.717) is 5.92 Å². The van der Waals surface area contributed by atoms with E-state index < -0.39 is 0 Å². The minimum atomic E-state index is 0.586. The summed E-state index contributed by atoms with van der Waals surface area (Å²) in [7, 11) is 3.35. The van der Waals surface area contributed by atoms with Crippen molar-refractivity contribution in [1.82, 2.24) is 5.32 Å². The highest BCUT2D eigenvalue weighted by Crippen LogP contribution is 2.24. The molecule has 0 radical (unpaired) electrons. The number of nitrogens with one attached hydrogen (secondary N) is 1. The number of rotatable bonds is 9. The van der Waals surface area contributed by atoms with Gasteiger partial charge in [0.05, 0.1) is 14.2 Å². The van der Waals surface area contributed by atoms with Crippen LogP contribution in [0.2, 0.25) is 0 Å². The molecule has 0 heterocycles. The Morgan fingerprint density at radius 2 is 2.00 bits per heavy atom. The van der Waals surface area contributed by atoms with Gasteiger partial charge in [-0.3, -0.25) is 0 Å². The summed E-state index contributed by atoms with van der Waals surface area (Å²) < 4.78 is 10.6. The molecule has 1 atom stereocenters. The molecule has 1 unspecified atom stereocenters. The van der Waals surface area contributed by atoms with Gasteiger partial charge >= 0.3 is 0 Å². The van der Waals surface area contributed by atoms with Crippen molar-refractivity contribution in [3.8, 4) is 11.5 Å². The van der Waals surface area contributed by atoms with E-state index in [1.807, 2.05) is 12.1 Å². The molecular formula is C15H26N2O2. The molecule has 0 fully saturated rings. The van der Waals surface area contributed by atoms with Gasteiger partial charge in [-0.1, -0.05) is 13.0 Å². The molecule has 0 saturated heterocycles. The minimum absolute atomic E-state index is 0.586. The quantitative estimate of drug-likeness (QED) is 0.669. The summed E-state index contributed by atoms with van der Waals surface area (Å²) >= 11 is 0. The first kappa shape index (κ1) is 15.8. The lowest BCUT2D eigenvalue weighted by Gasteiger charge is -2.12. The third-order valence-corrected chi connectivity index (χ3v) is 3.28. The molecule has 0 spiro atoms. The first-order chi connectivity index (χ1) is 9.21. The van der Waals surface area contributed by atoms with Crippen molar-refractivity contribution in [2.75, 3.05) is 33.9 Å². The first-order valence-electron chi connectivity index (χ1n) is 6.83. The molecule has 1 rings (SSSR count). The molecule has 108 valence electrons. The molecule has 1 aromatic carbocycles.